The molecule has 4 aromatic rings. The second-order valence-corrected chi connectivity index (χ2v) is 9.38. The number of anilines is 1. The Morgan fingerprint density at radius 2 is 1.79 bits per heavy atom. The molecule has 1 aliphatic heterocycles. The fraction of sp³-hybridized carbons (Fsp3) is 0.200. The van der Waals surface area contributed by atoms with E-state index in [9.17, 15) is 9.00 Å². The Labute approximate surface area is 194 Å². The number of hydrogen-bond acceptors (Lipinski definition) is 4. The van der Waals surface area contributed by atoms with Gasteiger partial charge in [0.15, 0.2) is 0 Å². The number of amides is 1. The molecule has 0 spiro atoms. The van der Waals surface area contributed by atoms with Crippen molar-refractivity contribution in [2.45, 2.75) is 23.2 Å². The number of piperidine rings is 1. The first-order chi connectivity index (χ1) is 16.1. The number of fused-ring (bicyclic) bond motifs is 1. The highest BCUT2D eigenvalue weighted by molar-refractivity contribution is 7.82. The van der Waals surface area contributed by atoms with Gasteiger partial charge in [-0.25, -0.2) is 9.35 Å². The highest BCUT2D eigenvalue weighted by Gasteiger charge is 2.41. The van der Waals surface area contributed by atoms with Crippen LogP contribution in [-0.2, 0) is 21.2 Å². The van der Waals surface area contributed by atoms with Crippen LogP contribution in [0.5, 0.6) is 0 Å². The third kappa shape index (κ3) is 4.08. The first kappa shape index (κ1) is 21.5. The van der Waals surface area contributed by atoms with Crippen molar-refractivity contribution in [3.8, 4) is 11.3 Å². The van der Waals surface area contributed by atoms with Crippen LogP contribution in [0.4, 0.5) is 5.69 Å². The van der Waals surface area contributed by atoms with Gasteiger partial charge in [-0.05, 0) is 61.8 Å². The van der Waals surface area contributed by atoms with Crippen LogP contribution in [0.3, 0.4) is 0 Å². The standard InChI is InChI=1S/C25H25N5O2S/c26-33(32)20-8-4-5-17(15-20)23-21-16-19(9-10-22(21)29-30-23)28-24(31)25(11-13-27-14-12-25)18-6-2-1-3-7-18/h1-10,15-16,27H,11-14,26H2,(H,28,31)(H,29,30). The van der Waals surface area contributed by atoms with Gasteiger partial charge in [-0.2, -0.15) is 5.10 Å². The predicted octanol–water partition coefficient (Wildman–Crippen LogP) is 3.47. The molecule has 1 aromatic heterocycles. The van der Waals surface area contributed by atoms with Crippen molar-refractivity contribution in [3.05, 3.63) is 78.4 Å². The Morgan fingerprint density at radius 3 is 2.55 bits per heavy atom. The van der Waals surface area contributed by atoms with Gasteiger partial charge in [0.05, 0.1) is 15.8 Å². The van der Waals surface area contributed by atoms with E-state index in [1.54, 1.807) is 12.1 Å². The first-order valence-electron chi connectivity index (χ1n) is 10.9. The maximum atomic E-state index is 13.6. The molecule has 8 heteroatoms. The van der Waals surface area contributed by atoms with Gasteiger partial charge in [-0.1, -0.05) is 42.5 Å². The Kier molecular flexibility index (Phi) is 5.80. The summed E-state index contributed by atoms with van der Waals surface area (Å²) < 4.78 is 11.7. The van der Waals surface area contributed by atoms with Crippen molar-refractivity contribution in [2.24, 2.45) is 5.14 Å². The van der Waals surface area contributed by atoms with Crippen LogP contribution in [0.2, 0.25) is 0 Å². The molecule has 1 saturated heterocycles. The average molecular weight is 460 g/mol. The van der Waals surface area contributed by atoms with Gasteiger partial charge < -0.3 is 10.6 Å². The van der Waals surface area contributed by atoms with Gasteiger partial charge in [-0.3, -0.25) is 9.89 Å². The SMILES string of the molecule is NS(=O)c1cccc(-c2n[nH]c3ccc(NC(=O)C4(c5ccccc5)CCNCC4)cc23)c1. The molecule has 1 amide bonds. The van der Waals surface area contributed by atoms with Crippen molar-refractivity contribution >= 4 is 33.5 Å². The van der Waals surface area contributed by atoms with Crippen LogP contribution in [0.15, 0.2) is 77.7 Å². The van der Waals surface area contributed by atoms with E-state index in [0.717, 1.165) is 48.0 Å². The zero-order valence-electron chi connectivity index (χ0n) is 18.0. The molecule has 33 heavy (non-hydrogen) atoms. The van der Waals surface area contributed by atoms with E-state index < -0.39 is 16.4 Å². The smallest absolute Gasteiger partial charge is 0.235 e. The number of aromatic nitrogens is 2. The topological polar surface area (TPSA) is 113 Å². The largest absolute Gasteiger partial charge is 0.325 e. The summed E-state index contributed by atoms with van der Waals surface area (Å²) in [5.74, 6) is 0.000112. The number of nitrogens with two attached hydrogens (primary N) is 1. The van der Waals surface area contributed by atoms with E-state index in [1.807, 2.05) is 60.7 Å². The number of aromatic amines is 1. The number of H-pyrrole nitrogens is 1. The third-order valence-electron chi connectivity index (χ3n) is 6.38. The number of carbonyl (C=O) groups is 1. The molecule has 1 aliphatic rings. The molecule has 0 aliphatic carbocycles. The second kappa shape index (κ2) is 8.90. The predicted molar refractivity (Wildman–Crippen MR) is 131 cm³/mol. The summed E-state index contributed by atoms with van der Waals surface area (Å²) in [5.41, 5.74) is 3.55. The Morgan fingerprint density at radius 1 is 1.00 bits per heavy atom. The van der Waals surface area contributed by atoms with E-state index in [2.05, 4.69) is 20.8 Å². The summed E-state index contributed by atoms with van der Waals surface area (Å²) in [4.78, 5) is 14.2. The fourth-order valence-corrected chi connectivity index (χ4v) is 5.04. The van der Waals surface area contributed by atoms with Gasteiger partial charge in [0.2, 0.25) is 5.91 Å². The minimum atomic E-state index is -1.57. The van der Waals surface area contributed by atoms with Gasteiger partial charge in [0.1, 0.15) is 16.7 Å². The van der Waals surface area contributed by atoms with Crippen LogP contribution < -0.4 is 15.8 Å². The van der Waals surface area contributed by atoms with Crippen molar-refractivity contribution in [1.29, 1.82) is 0 Å². The summed E-state index contributed by atoms with van der Waals surface area (Å²) in [6, 6.07) is 22.9. The lowest BCUT2D eigenvalue weighted by Crippen LogP contribution is -2.48. The summed E-state index contributed by atoms with van der Waals surface area (Å²) in [6.07, 6.45) is 1.48. The highest BCUT2D eigenvalue weighted by Crippen LogP contribution is 2.36. The molecule has 1 fully saturated rings. The molecule has 3 aromatic carbocycles. The molecule has 7 nitrogen and oxygen atoms in total. The number of rotatable bonds is 5. The number of benzene rings is 3. The van der Waals surface area contributed by atoms with E-state index >= 15 is 0 Å². The molecular formula is C25H25N5O2S. The van der Waals surface area contributed by atoms with Crippen molar-refractivity contribution < 1.29 is 9.00 Å². The zero-order valence-corrected chi connectivity index (χ0v) is 18.8. The van der Waals surface area contributed by atoms with E-state index in [4.69, 9.17) is 5.14 Å². The molecule has 5 N–H and O–H groups in total. The van der Waals surface area contributed by atoms with Crippen molar-refractivity contribution in [2.75, 3.05) is 18.4 Å². The van der Waals surface area contributed by atoms with Gasteiger partial charge in [0.25, 0.3) is 0 Å². The van der Waals surface area contributed by atoms with Crippen molar-refractivity contribution in [1.82, 2.24) is 15.5 Å². The lowest BCUT2D eigenvalue weighted by molar-refractivity contribution is -0.122. The summed E-state index contributed by atoms with van der Waals surface area (Å²) in [7, 11) is -1.57. The van der Waals surface area contributed by atoms with Crippen LogP contribution >= 0.6 is 0 Å². The molecule has 0 radical (unpaired) electrons. The monoisotopic (exact) mass is 459 g/mol. The van der Waals surface area contributed by atoms with Crippen LogP contribution in [0.1, 0.15) is 18.4 Å². The van der Waals surface area contributed by atoms with E-state index in [1.165, 1.54) is 0 Å². The van der Waals surface area contributed by atoms with Crippen LogP contribution in [0, 0.1) is 0 Å². The molecule has 168 valence electrons. The Bertz CT molecular complexity index is 1330. The van der Waals surface area contributed by atoms with Gasteiger partial charge in [0, 0.05) is 16.6 Å². The minimum absolute atomic E-state index is 0.000112. The Balaban J connectivity index is 1.49. The van der Waals surface area contributed by atoms with Gasteiger partial charge >= 0.3 is 0 Å². The van der Waals surface area contributed by atoms with E-state index in [0.29, 0.717) is 16.3 Å². The molecule has 1 unspecified atom stereocenters. The van der Waals surface area contributed by atoms with Crippen LogP contribution in [0.25, 0.3) is 22.2 Å². The zero-order chi connectivity index (χ0) is 22.8. The lowest BCUT2D eigenvalue weighted by atomic mass is 9.72. The highest BCUT2D eigenvalue weighted by atomic mass is 32.2. The molecule has 0 bridgehead atoms. The quantitative estimate of drug-likeness (QED) is 0.366. The summed E-state index contributed by atoms with van der Waals surface area (Å²) in [6.45, 7) is 1.60. The maximum absolute atomic E-state index is 13.6. The number of nitrogens with zero attached hydrogens (tertiary/aromatic N) is 1. The lowest BCUT2D eigenvalue weighted by Gasteiger charge is -2.36. The number of nitrogens with one attached hydrogen (secondary N) is 3. The fourth-order valence-electron chi connectivity index (χ4n) is 4.59. The van der Waals surface area contributed by atoms with Crippen LogP contribution in [-0.4, -0.2) is 33.4 Å². The molecule has 2 heterocycles. The van der Waals surface area contributed by atoms with E-state index in [-0.39, 0.29) is 5.91 Å². The second-order valence-electron chi connectivity index (χ2n) is 8.31. The number of carbonyl (C=O) groups excluding carboxylic acids is 1. The molecule has 5 rings (SSSR count). The normalized spacial score (nSPS) is 16.4. The molecular weight excluding hydrogens is 434 g/mol. The van der Waals surface area contributed by atoms with Gasteiger partial charge in [-0.15, -0.1) is 0 Å². The molecule has 1 atom stereocenters. The summed E-state index contributed by atoms with van der Waals surface area (Å²) >= 11 is 0. The Hall–Kier alpha value is -3.33. The molecule has 0 saturated carbocycles. The number of hydrogen-bond donors (Lipinski definition) is 4. The minimum Gasteiger partial charge on any atom is -0.325 e. The maximum Gasteiger partial charge on any atom is 0.235 e. The first-order valence-corrected chi connectivity index (χ1v) is 12.1. The third-order valence-corrected chi connectivity index (χ3v) is 7.10. The summed E-state index contributed by atoms with van der Waals surface area (Å²) in [5, 5.41) is 20.4. The van der Waals surface area contributed by atoms with Crippen molar-refractivity contribution in [3.63, 3.8) is 0 Å². The average Bonchev–Trinajstić information content (AvgIpc) is 3.28.